The van der Waals surface area contributed by atoms with E-state index in [0.29, 0.717) is 10.9 Å². The van der Waals surface area contributed by atoms with Crippen molar-refractivity contribution in [3.8, 4) is 0 Å². The van der Waals surface area contributed by atoms with Crippen molar-refractivity contribution in [2.45, 2.75) is 6.54 Å². The summed E-state index contributed by atoms with van der Waals surface area (Å²) < 4.78 is 19.0. The number of ether oxygens (including phenoxy) is 1. The first-order valence-corrected chi connectivity index (χ1v) is 7.74. The molecule has 2 rings (SSSR count). The maximum atomic E-state index is 13.8. The van der Waals surface area contributed by atoms with Crippen LogP contribution in [0.2, 0.25) is 4.34 Å². The van der Waals surface area contributed by atoms with Crippen molar-refractivity contribution in [1.82, 2.24) is 4.90 Å². The molecular weight excluding hydrogens is 343 g/mol. The van der Waals surface area contributed by atoms with Gasteiger partial charge in [-0.2, -0.15) is 0 Å². The lowest BCUT2D eigenvalue weighted by atomic mass is 10.2. The molecule has 0 spiro atoms. The number of carbonyl (C=O) groups is 2. The van der Waals surface area contributed by atoms with Gasteiger partial charge in [0.2, 0.25) is 0 Å². The first-order chi connectivity index (χ1) is 10.9. The molecule has 0 aliphatic rings. The molecule has 1 N–H and O–H groups in total. The van der Waals surface area contributed by atoms with E-state index < -0.39 is 17.8 Å². The summed E-state index contributed by atoms with van der Waals surface area (Å²) in [4.78, 5) is 25.9. The van der Waals surface area contributed by atoms with Crippen LogP contribution in [0.3, 0.4) is 0 Å². The second-order valence-electron chi connectivity index (χ2n) is 4.68. The summed E-state index contributed by atoms with van der Waals surface area (Å²) >= 11 is 7.20. The second-order valence-corrected chi connectivity index (χ2v) is 6.48. The lowest BCUT2D eigenvalue weighted by Crippen LogP contribution is -2.31. The molecule has 0 saturated heterocycles. The molecule has 0 fully saturated rings. The van der Waals surface area contributed by atoms with Crippen molar-refractivity contribution in [3.05, 3.63) is 50.9 Å². The Hall–Kier alpha value is -2.12. The van der Waals surface area contributed by atoms with Gasteiger partial charge in [-0.1, -0.05) is 11.6 Å². The predicted molar refractivity (Wildman–Crippen MR) is 87.6 cm³/mol. The van der Waals surface area contributed by atoms with Crippen LogP contribution in [0.15, 0.2) is 30.3 Å². The number of hydrogen-bond donors (Lipinski definition) is 1. The monoisotopic (exact) mass is 356 g/mol. The Morgan fingerprint density at radius 2 is 2.09 bits per heavy atom. The molecule has 23 heavy (non-hydrogen) atoms. The molecule has 0 aliphatic carbocycles. The molecule has 2 amide bonds. The van der Waals surface area contributed by atoms with Gasteiger partial charge in [0.25, 0.3) is 0 Å². The number of anilines is 1. The zero-order chi connectivity index (χ0) is 17.0. The number of amides is 2. The number of hydrogen-bond acceptors (Lipinski definition) is 4. The summed E-state index contributed by atoms with van der Waals surface area (Å²) in [5.41, 5.74) is 0.0610. The van der Waals surface area contributed by atoms with E-state index in [1.807, 2.05) is 6.07 Å². The van der Waals surface area contributed by atoms with Gasteiger partial charge in [0.05, 0.1) is 29.2 Å². The van der Waals surface area contributed by atoms with Crippen molar-refractivity contribution >= 4 is 40.6 Å². The molecule has 0 unspecified atom stereocenters. The van der Waals surface area contributed by atoms with Crippen LogP contribution in [0, 0.1) is 5.82 Å². The Bertz CT molecular complexity index is 735. The van der Waals surface area contributed by atoms with E-state index >= 15 is 0 Å². The lowest BCUT2D eigenvalue weighted by Gasteiger charge is -2.17. The summed E-state index contributed by atoms with van der Waals surface area (Å²) in [5.74, 6) is -1.25. The number of nitrogens with one attached hydrogen (secondary N) is 1. The minimum absolute atomic E-state index is 0.0889. The van der Waals surface area contributed by atoms with E-state index in [1.54, 1.807) is 13.1 Å². The molecule has 122 valence electrons. The number of rotatable bonds is 4. The summed E-state index contributed by atoms with van der Waals surface area (Å²) in [6.45, 7) is 0.335. The smallest absolute Gasteiger partial charge is 0.337 e. The van der Waals surface area contributed by atoms with Gasteiger partial charge in [-0.05, 0) is 30.3 Å². The fourth-order valence-electron chi connectivity index (χ4n) is 1.82. The molecule has 8 heteroatoms. The molecule has 1 aromatic carbocycles. The topological polar surface area (TPSA) is 58.6 Å². The van der Waals surface area contributed by atoms with Gasteiger partial charge >= 0.3 is 12.0 Å². The van der Waals surface area contributed by atoms with Crippen LogP contribution in [-0.2, 0) is 11.3 Å². The van der Waals surface area contributed by atoms with Crippen LogP contribution >= 0.6 is 22.9 Å². The zero-order valence-corrected chi connectivity index (χ0v) is 14.0. The van der Waals surface area contributed by atoms with E-state index in [0.717, 1.165) is 10.9 Å². The number of methoxy groups -OCH3 is 1. The number of urea groups is 1. The van der Waals surface area contributed by atoms with Crippen molar-refractivity contribution in [2.24, 2.45) is 0 Å². The summed E-state index contributed by atoms with van der Waals surface area (Å²) in [5, 5.41) is 2.43. The highest BCUT2D eigenvalue weighted by molar-refractivity contribution is 7.16. The third kappa shape index (κ3) is 4.43. The Kier molecular flexibility index (Phi) is 5.57. The van der Waals surface area contributed by atoms with Gasteiger partial charge in [0.1, 0.15) is 5.82 Å². The van der Waals surface area contributed by atoms with Crippen LogP contribution in [-0.4, -0.2) is 31.1 Å². The first kappa shape index (κ1) is 17.2. The van der Waals surface area contributed by atoms with Gasteiger partial charge in [0, 0.05) is 11.9 Å². The van der Waals surface area contributed by atoms with Crippen LogP contribution in [0.25, 0.3) is 0 Å². The Balaban J connectivity index is 2.08. The maximum Gasteiger partial charge on any atom is 0.337 e. The molecule has 5 nitrogen and oxygen atoms in total. The average Bonchev–Trinajstić information content (AvgIpc) is 2.93. The molecular formula is C15H14ClFN2O3S. The van der Waals surface area contributed by atoms with Gasteiger partial charge in [-0.25, -0.2) is 14.0 Å². The van der Waals surface area contributed by atoms with Crippen molar-refractivity contribution < 1.29 is 18.7 Å². The van der Waals surface area contributed by atoms with Crippen LogP contribution in [0.4, 0.5) is 14.9 Å². The number of halogens is 2. The predicted octanol–water partition coefficient (Wildman–Crippen LogP) is 3.99. The molecule has 0 bridgehead atoms. The number of thiophene rings is 1. The molecule has 0 aliphatic heterocycles. The highest BCUT2D eigenvalue weighted by atomic mass is 35.5. The number of carbonyl (C=O) groups excluding carboxylic acids is 2. The minimum atomic E-state index is -0.640. The van der Waals surface area contributed by atoms with Gasteiger partial charge < -0.3 is 15.0 Å². The molecule has 2 aromatic rings. The van der Waals surface area contributed by atoms with Crippen LogP contribution in [0.1, 0.15) is 15.2 Å². The number of esters is 1. The zero-order valence-electron chi connectivity index (χ0n) is 12.4. The fraction of sp³-hybridized carbons (Fsp3) is 0.200. The quantitative estimate of drug-likeness (QED) is 0.842. The van der Waals surface area contributed by atoms with Crippen LogP contribution in [0.5, 0.6) is 0 Å². The number of nitrogens with zero attached hydrogens (tertiary/aromatic N) is 1. The summed E-state index contributed by atoms with van der Waals surface area (Å²) in [6.07, 6.45) is 0. The Morgan fingerprint density at radius 1 is 1.35 bits per heavy atom. The van der Waals surface area contributed by atoms with Gasteiger partial charge in [0.15, 0.2) is 0 Å². The molecule has 1 aromatic heterocycles. The molecule has 0 atom stereocenters. The highest BCUT2D eigenvalue weighted by Crippen LogP contribution is 2.23. The van der Waals surface area contributed by atoms with Gasteiger partial charge in [-0.15, -0.1) is 11.3 Å². The van der Waals surface area contributed by atoms with E-state index in [2.05, 4.69) is 10.1 Å². The Morgan fingerprint density at radius 3 is 2.70 bits per heavy atom. The molecule has 0 saturated carbocycles. The summed E-state index contributed by atoms with van der Waals surface area (Å²) in [6, 6.07) is 6.67. The third-order valence-corrected chi connectivity index (χ3v) is 4.21. The van der Waals surface area contributed by atoms with Crippen molar-refractivity contribution in [2.75, 3.05) is 19.5 Å². The maximum absolute atomic E-state index is 13.8. The first-order valence-electron chi connectivity index (χ1n) is 6.55. The fourth-order valence-corrected chi connectivity index (χ4v) is 2.96. The van der Waals surface area contributed by atoms with E-state index in [-0.39, 0.29) is 11.3 Å². The van der Waals surface area contributed by atoms with Crippen LogP contribution < -0.4 is 5.32 Å². The number of benzene rings is 1. The summed E-state index contributed by atoms with van der Waals surface area (Å²) in [7, 11) is 2.80. The normalized spacial score (nSPS) is 10.3. The SMILES string of the molecule is COC(=O)c1ccc(F)c(NC(=O)N(C)Cc2ccc(Cl)s2)c1. The Labute approximate surface area is 141 Å². The van der Waals surface area contributed by atoms with E-state index in [9.17, 15) is 14.0 Å². The molecule has 0 radical (unpaired) electrons. The standard InChI is InChI=1S/C15H14ClFN2O3S/c1-19(8-10-4-6-13(16)23-10)15(21)18-12-7-9(14(20)22-2)3-5-11(12)17/h3-7H,8H2,1-2H3,(H,18,21). The van der Waals surface area contributed by atoms with E-state index in [1.165, 1.54) is 35.5 Å². The highest BCUT2D eigenvalue weighted by Gasteiger charge is 2.15. The van der Waals surface area contributed by atoms with Gasteiger partial charge in [-0.3, -0.25) is 0 Å². The average molecular weight is 357 g/mol. The lowest BCUT2D eigenvalue weighted by molar-refractivity contribution is 0.0600. The largest absolute Gasteiger partial charge is 0.465 e. The van der Waals surface area contributed by atoms with Crippen molar-refractivity contribution in [3.63, 3.8) is 0 Å². The minimum Gasteiger partial charge on any atom is -0.465 e. The van der Waals surface area contributed by atoms with Crippen molar-refractivity contribution in [1.29, 1.82) is 0 Å². The molecule has 1 heterocycles. The second kappa shape index (κ2) is 7.43. The third-order valence-electron chi connectivity index (χ3n) is 3.00. The van der Waals surface area contributed by atoms with E-state index in [4.69, 9.17) is 11.6 Å².